The van der Waals surface area contributed by atoms with E-state index in [0.717, 1.165) is 11.1 Å². The number of hydrogen-bond acceptors (Lipinski definition) is 3. The number of rotatable bonds is 3. The summed E-state index contributed by atoms with van der Waals surface area (Å²) in [4.78, 5) is 15.3. The number of carbonyl (C=O) groups is 1. The van der Waals surface area contributed by atoms with Crippen LogP contribution in [0.1, 0.15) is 21.5 Å². The minimum atomic E-state index is -1.000. The normalized spacial score (nSPS) is 9.95. The van der Waals surface area contributed by atoms with Gasteiger partial charge in [-0.3, -0.25) is 0 Å². The van der Waals surface area contributed by atoms with Crippen LogP contribution >= 0.6 is 12.2 Å². The van der Waals surface area contributed by atoms with Crippen LogP contribution in [0.15, 0.2) is 42.6 Å². The van der Waals surface area contributed by atoms with E-state index >= 15 is 0 Å². The summed E-state index contributed by atoms with van der Waals surface area (Å²) in [5, 5.41) is 11.8. The Balaban J connectivity index is 2.15. The number of nitrogens with zero attached hydrogens (tertiary/aromatic N) is 1. The number of carboxylic acids is 1. The summed E-state index contributed by atoms with van der Waals surface area (Å²) in [6.07, 6.45) is 1.30. The molecule has 2 rings (SSSR count). The van der Waals surface area contributed by atoms with E-state index < -0.39 is 5.97 Å². The van der Waals surface area contributed by atoms with Crippen LogP contribution in [-0.2, 0) is 0 Å². The summed E-state index contributed by atoms with van der Waals surface area (Å²) >= 11 is 5.31. The van der Waals surface area contributed by atoms with Gasteiger partial charge < -0.3 is 10.4 Å². The van der Waals surface area contributed by atoms with Crippen molar-refractivity contribution in [3.63, 3.8) is 0 Å². The van der Waals surface area contributed by atoms with Crippen LogP contribution in [-0.4, -0.2) is 21.0 Å². The highest BCUT2D eigenvalue weighted by molar-refractivity contribution is 7.81. The number of anilines is 1. The van der Waals surface area contributed by atoms with Crippen LogP contribution < -0.4 is 5.32 Å². The average Bonchev–Trinajstić information content (AvgIpc) is 2.39. The lowest BCUT2D eigenvalue weighted by atomic mass is 10.1. The minimum Gasteiger partial charge on any atom is -0.478 e. The van der Waals surface area contributed by atoms with Crippen LogP contribution in [0.25, 0.3) is 0 Å². The largest absolute Gasteiger partial charge is 0.478 e. The van der Waals surface area contributed by atoms with Gasteiger partial charge in [0.05, 0.1) is 5.56 Å². The van der Waals surface area contributed by atoms with Gasteiger partial charge in [0.2, 0.25) is 0 Å². The summed E-state index contributed by atoms with van der Waals surface area (Å²) in [5.41, 5.74) is 2.15. The Hall–Kier alpha value is -2.27. The maximum atomic E-state index is 10.7. The first kappa shape index (κ1) is 13.2. The SMILES string of the molecule is Cc1ccccc1C(=S)Nc1ccc(C(=O)O)cn1. The smallest absolute Gasteiger partial charge is 0.337 e. The van der Waals surface area contributed by atoms with Crippen molar-refractivity contribution in [2.24, 2.45) is 0 Å². The van der Waals surface area contributed by atoms with Gasteiger partial charge >= 0.3 is 5.97 Å². The first-order valence-corrected chi connectivity index (χ1v) is 6.05. The van der Waals surface area contributed by atoms with Gasteiger partial charge in [0.15, 0.2) is 0 Å². The van der Waals surface area contributed by atoms with Gasteiger partial charge in [0.25, 0.3) is 0 Å². The number of aromatic nitrogens is 1. The minimum absolute atomic E-state index is 0.146. The molecule has 0 aliphatic carbocycles. The number of benzene rings is 1. The molecule has 0 radical (unpaired) electrons. The molecule has 0 aliphatic rings. The predicted octanol–water partition coefficient (Wildman–Crippen LogP) is 2.88. The Morgan fingerprint density at radius 3 is 2.58 bits per heavy atom. The first-order chi connectivity index (χ1) is 9.08. The zero-order valence-corrected chi connectivity index (χ0v) is 11.1. The Kier molecular flexibility index (Phi) is 3.87. The average molecular weight is 272 g/mol. The van der Waals surface area contributed by atoms with Gasteiger partial charge in [-0.2, -0.15) is 0 Å². The summed E-state index contributed by atoms with van der Waals surface area (Å²) in [7, 11) is 0. The van der Waals surface area contributed by atoms with Gasteiger partial charge in [-0.15, -0.1) is 0 Å². The number of thiocarbonyl (C=S) groups is 1. The number of pyridine rings is 1. The first-order valence-electron chi connectivity index (χ1n) is 5.64. The van der Waals surface area contributed by atoms with Crippen molar-refractivity contribution < 1.29 is 9.90 Å². The van der Waals surface area contributed by atoms with E-state index in [4.69, 9.17) is 17.3 Å². The molecule has 19 heavy (non-hydrogen) atoms. The number of hydrogen-bond donors (Lipinski definition) is 2. The Bertz CT molecular complexity index is 624. The van der Waals surface area contributed by atoms with Gasteiger partial charge in [-0.05, 0) is 24.6 Å². The molecule has 0 spiro atoms. The van der Waals surface area contributed by atoms with Gasteiger partial charge in [-0.25, -0.2) is 9.78 Å². The molecule has 0 aliphatic heterocycles. The second-order valence-corrected chi connectivity index (χ2v) is 4.41. The van der Waals surface area contributed by atoms with Crippen molar-refractivity contribution in [2.45, 2.75) is 6.92 Å². The van der Waals surface area contributed by atoms with E-state index in [9.17, 15) is 4.79 Å². The lowest BCUT2D eigenvalue weighted by molar-refractivity contribution is 0.0696. The summed E-state index contributed by atoms with van der Waals surface area (Å²) in [6, 6.07) is 10.8. The van der Waals surface area contributed by atoms with E-state index in [-0.39, 0.29) is 5.56 Å². The second-order valence-electron chi connectivity index (χ2n) is 4.01. The van der Waals surface area contributed by atoms with E-state index in [1.54, 1.807) is 6.07 Å². The molecule has 0 bridgehead atoms. The van der Waals surface area contributed by atoms with Crippen molar-refractivity contribution in [1.82, 2.24) is 4.98 Å². The molecule has 0 saturated carbocycles. The Morgan fingerprint density at radius 1 is 1.26 bits per heavy atom. The lowest BCUT2D eigenvalue weighted by Crippen LogP contribution is -2.13. The van der Waals surface area contributed by atoms with Gasteiger partial charge in [-0.1, -0.05) is 36.5 Å². The fraction of sp³-hybridized carbons (Fsp3) is 0.0714. The molecule has 96 valence electrons. The molecule has 0 amide bonds. The molecule has 0 unspecified atom stereocenters. The van der Waals surface area contributed by atoms with Crippen molar-refractivity contribution in [2.75, 3.05) is 5.32 Å². The fourth-order valence-electron chi connectivity index (χ4n) is 1.61. The van der Waals surface area contributed by atoms with Crippen molar-refractivity contribution in [3.05, 3.63) is 59.3 Å². The second kappa shape index (κ2) is 5.58. The molecule has 5 heteroatoms. The topological polar surface area (TPSA) is 62.2 Å². The molecule has 2 N–H and O–H groups in total. The van der Waals surface area contributed by atoms with E-state index in [1.807, 2.05) is 31.2 Å². The monoisotopic (exact) mass is 272 g/mol. The fourth-order valence-corrected chi connectivity index (χ4v) is 1.94. The highest BCUT2D eigenvalue weighted by Crippen LogP contribution is 2.12. The zero-order valence-electron chi connectivity index (χ0n) is 10.3. The highest BCUT2D eigenvalue weighted by atomic mass is 32.1. The number of aryl methyl sites for hydroxylation is 1. The van der Waals surface area contributed by atoms with Gasteiger partial charge in [0, 0.05) is 11.8 Å². The maximum absolute atomic E-state index is 10.7. The van der Waals surface area contributed by atoms with Crippen LogP contribution in [0.2, 0.25) is 0 Å². The van der Waals surface area contributed by atoms with Crippen molar-refractivity contribution in [3.8, 4) is 0 Å². The molecular weight excluding hydrogens is 260 g/mol. The van der Waals surface area contributed by atoms with E-state index in [2.05, 4.69) is 10.3 Å². The maximum Gasteiger partial charge on any atom is 0.337 e. The molecule has 0 fully saturated rings. The van der Waals surface area contributed by atoms with Crippen molar-refractivity contribution in [1.29, 1.82) is 0 Å². The number of aromatic carboxylic acids is 1. The molecule has 1 aromatic carbocycles. The standard InChI is InChI=1S/C14H12N2O2S/c1-9-4-2-3-5-11(9)13(19)16-12-7-6-10(8-15-12)14(17)18/h2-8H,1H3,(H,17,18)(H,15,16,19). The quantitative estimate of drug-likeness (QED) is 0.841. The molecule has 2 aromatic rings. The molecule has 4 nitrogen and oxygen atoms in total. The zero-order chi connectivity index (χ0) is 13.8. The van der Waals surface area contributed by atoms with Crippen molar-refractivity contribution >= 4 is 29.0 Å². The van der Waals surface area contributed by atoms with E-state index in [0.29, 0.717) is 10.8 Å². The van der Waals surface area contributed by atoms with Crippen LogP contribution in [0.4, 0.5) is 5.82 Å². The van der Waals surface area contributed by atoms with E-state index in [1.165, 1.54) is 12.3 Å². The molecule has 1 heterocycles. The van der Waals surface area contributed by atoms with Crippen LogP contribution in [0, 0.1) is 6.92 Å². The summed E-state index contributed by atoms with van der Waals surface area (Å²) in [6.45, 7) is 1.98. The predicted molar refractivity (Wildman–Crippen MR) is 77.7 cm³/mol. The summed E-state index contributed by atoms with van der Waals surface area (Å²) in [5.74, 6) is -0.473. The van der Waals surface area contributed by atoms with Crippen LogP contribution in [0.5, 0.6) is 0 Å². The third kappa shape index (κ3) is 3.14. The molecular formula is C14H12N2O2S. The number of nitrogens with one attached hydrogen (secondary N) is 1. The highest BCUT2D eigenvalue weighted by Gasteiger charge is 2.06. The van der Waals surface area contributed by atoms with Crippen LogP contribution in [0.3, 0.4) is 0 Å². The van der Waals surface area contributed by atoms with Gasteiger partial charge in [0.1, 0.15) is 10.8 Å². The molecule has 1 aromatic heterocycles. The Labute approximate surface area is 116 Å². The Morgan fingerprint density at radius 2 is 2.00 bits per heavy atom. The molecule has 0 saturated heterocycles. The third-order valence-corrected chi connectivity index (χ3v) is 2.96. The number of carboxylic acid groups (broad SMARTS) is 1. The molecule has 0 atom stereocenters. The summed E-state index contributed by atoms with van der Waals surface area (Å²) < 4.78 is 0. The lowest BCUT2D eigenvalue weighted by Gasteiger charge is -2.09. The third-order valence-electron chi connectivity index (χ3n) is 2.64.